The summed E-state index contributed by atoms with van der Waals surface area (Å²) in [6.45, 7) is 6.29. The number of amides is 2. The zero-order valence-electron chi connectivity index (χ0n) is 16.3. The van der Waals surface area contributed by atoms with Gasteiger partial charge in [0, 0.05) is 18.7 Å². The molecule has 1 unspecified atom stereocenters. The van der Waals surface area contributed by atoms with Crippen LogP contribution in [0.1, 0.15) is 24.5 Å². The highest BCUT2D eigenvalue weighted by atomic mass is 35.5. The molecule has 0 aliphatic carbocycles. The number of hydrogen-bond acceptors (Lipinski definition) is 4. The van der Waals surface area contributed by atoms with Crippen LogP contribution in [0.15, 0.2) is 41.4 Å². The number of benzene rings is 2. The van der Waals surface area contributed by atoms with Gasteiger partial charge >= 0.3 is 0 Å². The summed E-state index contributed by atoms with van der Waals surface area (Å²) in [6, 6.07) is 10.8. The molecule has 0 spiro atoms. The van der Waals surface area contributed by atoms with Crippen molar-refractivity contribution in [3.05, 3.63) is 57.6 Å². The van der Waals surface area contributed by atoms with Crippen molar-refractivity contribution in [1.29, 1.82) is 0 Å². The fraction of sp³-hybridized carbons (Fsp3) is 0.286. The predicted octanol–water partition coefficient (Wildman–Crippen LogP) is 5.59. The molecule has 5 nitrogen and oxygen atoms in total. The molecule has 0 radical (unpaired) electrons. The molecule has 1 N–H and O–H groups in total. The maximum absolute atomic E-state index is 12.8. The molecule has 1 fully saturated rings. The van der Waals surface area contributed by atoms with Gasteiger partial charge in [-0.15, -0.1) is 0 Å². The Morgan fingerprint density at radius 2 is 1.97 bits per heavy atom. The molecule has 1 saturated heterocycles. The molecule has 29 heavy (non-hydrogen) atoms. The lowest BCUT2D eigenvalue weighted by Gasteiger charge is -2.31. The Bertz CT molecular complexity index is 994. The smallest absolute Gasteiger partial charge is 0.238 e. The molecule has 2 aromatic rings. The number of carbonyl (C=O) groups excluding carboxylic acids is 2. The summed E-state index contributed by atoms with van der Waals surface area (Å²) in [5.74, 6) is -0.348. The van der Waals surface area contributed by atoms with Crippen molar-refractivity contribution in [1.82, 2.24) is 4.90 Å². The summed E-state index contributed by atoms with van der Waals surface area (Å²) in [5.41, 5.74) is 3.42. The minimum Gasteiger partial charge on any atom is -0.325 e. The molecular formula is C21H21Cl2N3O2S. The van der Waals surface area contributed by atoms with E-state index in [9.17, 15) is 9.59 Å². The molecule has 0 saturated carbocycles. The van der Waals surface area contributed by atoms with Gasteiger partial charge in [-0.3, -0.25) is 14.5 Å². The molecule has 0 bridgehead atoms. The van der Waals surface area contributed by atoms with Crippen LogP contribution in [-0.4, -0.2) is 33.7 Å². The van der Waals surface area contributed by atoms with Gasteiger partial charge in [-0.1, -0.05) is 52.7 Å². The number of thioether (sulfide) groups is 1. The molecule has 1 heterocycles. The van der Waals surface area contributed by atoms with Gasteiger partial charge in [-0.05, 0) is 50.6 Å². The number of amidine groups is 1. The highest BCUT2D eigenvalue weighted by molar-refractivity contribution is 8.15. The Labute approximate surface area is 184 Å². The average Bonchev–Trinajstić information content (AvgIpc) is 2.66. The second kappa shape index (κ2) is 9.20. The molecule has 152 valence electrons. The van der Waals surface area contributed by atoms with Gasteiger partial charge in [0.15, 0.2) is 5.17 Å². The van der Waals surface area contributed by atoms with E-state index >= 15 is 0 Å². The van der Waals surface area contributed by atoms with Crippen molar-refractivity contribution >= 4 is 63.3 Å². The second-order valence-corrected chi connectivity index (χ2v) is 8.73. The Morgan fingerprint density at radius 1 is 1.21 bits per heavy atom. The quantitative estimate of drug-likeness (QED) is 0.661. The van der Waals surface area contributed by atoms with Crippen molar-refractivity contribution < 1.29 is 9.59 Å². The third kappa shape index (κ3) is 5.13. The van der Waals surface area contributed by atoms with Crippen LogP contribution < -0.4 is 5.32 Å². The first-order valence-corrected chi connectivity index (χ1v) is 10.8. The summed E-state index contributed by atoms with van der Waals surface area (Å²) in [7, 11) is 0. The lowest BCUT2D eigenvalue weighted by Crippen LogP contribution is -2.45. The van der Waals surface area contributed by atoms with Gasteiger partial charge in [0.2, 0.25) is 11.8 Å². The number of hydrogen-bond donors (Lipinski definition) is 1. The van der Waals surface area contributed by atoms with Gasteiger partial charge in [0.05, 0.1) is 15.7 Å². The first-order valence-electron chi connectivity index (χ1n) is 9.17. The van der Waals surface area contributed by atoms with E-state index in [1.165, 1.54) is 11.8 Å². The van der Waals surface area contributed by atoms with Crippen LogP contribution in [0.2, 0.25) is 10.0 Å². The molecule has 0 aromatic heterocycles. The number of anilines is 1. The van der Waals surface area contributed by atoms with E-state index in [1.54, 1.807) is 23.1 Å². The van der Waals surface area contributed by atoms with E-state index in [0.717, 1.165) is 16.8 Å². The molecule has 1 aliphatic heterocycles. The Balaban J connectivity index is 1.84. The largest absolute Gasteiger partial charge is 0.325 e. The minimum absolute atomic E-state index is 0.121. The third-order valence-electron chi connectivity index (χ3n) is 4.52. The van der Waals surface area contributed by atoms with Gasteiger partial charge in [-0.2, -0.15) is 0 Å². The Morgan fingerprint density at radius 3 is 2.62 bits per heavy atom. The lowest BCUT2D eigenvalue weighted by atomic mass is 10.1. The van der Waals surface area contributed by atoms with Crippen LogP contribution >= 0.6 is 35.0 Å². The van der Waals surface area contributed by atoms with Crippen molar-refractivity contribution in [2.45, 2.75) is 32.4 Å². The van der Waals surface area contributed by atoms with E-state index in [-0.39, 0.29) is 18.2 Å². The van der Waals surface area contributed by atoms with Crippen LogP contribution in [-0.2, 0) is 9.59 Å². The van der Waals surface area contributed by atoms with Crippen molar-refractivity contribution in [3.8, 4) is 0 Å². The lowest BCUT2D eigenvalue weighted by molar-refractivity contribution is -0.129. The molecule has 2 aromatic carbocycles. The van der Waals surface area contributed by atoms with E-state index < -0.39 is 5.25 Å². The monoisotopic (exact) mass is 449 g/mol. The molecule has 2 amide bonds. The standard InChI is InChI=1S/C21H21Cl2N3O2S/c1-4-26-19(27)11-18(20(28)25-17-8-5-12(2)9-13(17)3)29-21(26)24-14-6-7-15(22)16(23)10-14/h5-10,18H,4,11H2,1-3H3,(H,25,28). The van der Waals surface area contributed by atoms with E-state index in [2.05, 4.69) is 10.3 Å². The van der Waals surface area contributed by atoms with Crippen molar-refractivity contribution in [2.24, 2.45) is 4.99 Å². The van der Waals surface area contributed by atoms with Gasteiger partial charge < -0.3 is 5.32 Å². The first-order chi connectivity index (χ1) is 13.8. The van der Waals surface area contributed by atoms with Crippen LogP contribution in [0.25, 0.3) is 0 Å². The summed E-state index contributed by atoms with van der Waals surface area (Å²) in [4.78, 5) is 31.6. The van der Waals surface area contributed by atoms with E-state index in [4.69, 9.17) is 23.2 Å². The van der Waals surface area contributed by atoms with E-state index in [0.29, 0.717) is 27.4 Å². The van der Waals surface area contributed by atoms with Crippen LogP contribution in [0, 0.1) is 13.8 Å². The highest BCUT2D eigenvalue weighted by Crippen LogP contribution is 2.32. The molecule has 1 aliphatic rings. The maximum Gasteiger partial charge on any atom is 0.238 e. The number of aliphatic imine (C=N–C) groups is 1. The van der Waals surface area contributed by atoms with Crippen molar-refractivity contribution in [2.75, 3.05) is 11.9 Å². The number of nitrogens with one attached hydrogen (secondary N) is 1. The summed E-state index contributed by atoms with van der Waals surface area (Å²) < 4.78 is 0. The number of halogens is 2. The summed E-state index contributed by atoms with van der Waals surface area (Å²) >= 11 is 13.3. The number of rotatable bonds is 4. The first kappa shape index (κ1) is 21.7. The Hall–Kier alpha value is -2.02. The van der Waals surface area contributed by atoms with Gasteiger partial charge in [-0.25, -0.2) is 4.99 Å². The van der Waals surface area contributed by atoms with Crippen LogP contribution in [0.5, 0.6) is 0 Å². The summed E-state index contributed by atoms with van der Waals surface area (Å²) in [6.07, 6.45) is 0.121. The fourth-order valence-corrected chi connectivity index (χ4v) is 4.44. The normalized spacial score (nSPS) is 18.2. The number of nitrogens with zero attached hydrogens (tertiary/aromatic N) is 2. The van der Waals surface area contributed by atoms with Crippen molar-refractivity contribution in [3.63, 3.8) is 0 Å². The minimum atomic E-state index is -0.562. The van der Waals surface area contributed by atoms with Gasteiger partial charge in [0.25, 0.3) is 0 Å². The highest BCUT2D eigenvalue weighted by Gasteiger charge is 2.35. The molecule has 3 rings (SSSR count). The SMILES string of the molecule is CCN1C(=O)CC(C(=O)Nc2ccc(C)cc2C)SC1=Nc1ccc(Cl)c(Cl)c1. The van der Waals surface area contributed by atoms with Crippen LogP contribution in [0.4, 0.5) is 11.4 Å². The van der Waals surface area contributed by atoms with Gasteiger partial charge in [0.1, 0.15) is 5.25 Å². The topological polar surface area (TPSA) is 61.8 Å². The molecule has 1 atom stereocenters. The number of carbonyl (C=O) groups is 2. The molecule has 8 heteroatoms. The Kier molecular flexibility index (Phi) is 6.88. The third-order valence-corrected chi connectivity index (χ3v) is 6.44. The predicted molar refractivity (Wildman–Crippen MR) is 121 cm³/mol. The zero-order valence-corrected chi connectivity index (χ0v) is 18.7. The zero-order chi connectivity index (χ0) is 21.1. The maximum atomic E-state index is 12.8. The van der Waals surface area contributed by atoms with E-state index in [1.807, 2.05) is 39.0 Å². The summed E-state index contributed by atoms with van der Waals surface area (Å²) in [5, 5.41) is 3.66. The van der Waals surface area contributed by atoms with Crippen LogP contribution in [0.3, 0.4) is 0 Å². The second-order valence-electron chi connectivity index (χ2n) is 6.75. The fourth-order valence-electron chi connectivity index (χ4n) is 2.98. The average molecular weight is 450 g/mol. The number of aryl methyl sites for hydroxylation is 2. The molecular weight excluding hydrogens is 429 g/mol.